The van der Waals surface area contributed by atoms with Crippen LogP contribution in [0, 0.1) is 6.92 Å². The van der Waals surface area contributed by atoms with Gasteiger partial charge in [-0.05, 0) is 38.3 Å². The minimum atomic E-state index is -0.299. The van der Waals surface area contributed by atoms with Gasteiger partial charge in [-0.1, -0.05) is 22.9 Å². The lowest BCUT2D eigenvalue weighted by molar-refractivity contribution is -0.0858. The van der Waals surface area contributed by atoms with E-state index in [0.717, 1.165) is 31.5 Å². The van der Waals surface area contributed by atoms with E-state index in [1.807, 2.05) is 0 Å². The van der Waals surface area contributed by atoms with E-state index in [-0.39, 0.29) is 5.60 Å². The summed E-state index contributed by atoms with van der Waals surface area (Å²) in [5, 5.41) is 7.43. The zero-order valence-electron chi connectivity index (χ0n) is 12.6. The molecule has 5 heteroatoms. The Morgan fingerprint density at radius 3 is 2.67 bits per heavy atom. The molecule has 0 atom stereocenters. The summed E-state index contributed by atoms with van der Waals surface area (Å²) < 4.78 is 10.9. The van der Waals surface area contributed by atoms with E-state index in [1.165, 1.54) is 5.56 Å². The summed E-state index contributed by atoms with van der Waals surface area (Å²) in [6, 6.07) is 8.32. The average molecular weight is 287 g/mol. The Bertz CT molecular complexity index is 582. The van der Waals surface area contributed by atoms with Gasteiger partial charge in [-0.25, -0.2) is 0 Å². The maximum Gasteiger partial charge on any atom is 0.228 e. The molecule has 1 fully saturated rings. The summed E-state index contributed by atoms with van der Waals surface area (Å²) in [6.45, 7) is 2.85. The van der Waals surface area contributed by atoms with Crippen LogP contribution in [0.2, 0.25) is 0 Å². The van der Waals surface area contributed by atoms with Crippen LogP contribution in [-0.4, -0.2) is 23.8 Å². The van der Waals surface area contributed by atoms with Crippen LogP contribution in [0.5, 0.6) is 0 Å². The molecule has 0 amide bonds. The number of benzene rings is 1. The normalized spacial score (nSPS) is 16.5. The van der Waals surface area contributed by atoms with Crippen LogP contribution in [0.4, 0.5) is 5.69 Å². The van der Waals surface area contributed by atoms with Crippen LogP contribution >= 0.6 is 0 Å². The Kier molecular flexibility index (Phi) is 3.92. The predicted octanol–water partition coefficient (Wildman–Crippen LogP) is 3.06. The third-order valence-electron chi connectivity index (χ3n) is 4.15. The van der Waals surface area contributed by atoms with Crippen LogP contribution in [0.3, 0.4) is 0 Å². The zero-order valence-corrected chi connectivity index (χ0v) is 12.6. The van der Waals surface area contributed by atoms with Crippen molar-refractivity contribution < 1.29 is 9.26 Å². The summed E-state index contributed by atoms with van der Waals surface area (Å²) in [5.41, 5.74) is 2.06. The number of nitrogens with one attached hydrogen (secondary N) is 1. The number of hydrogen-bond acceptors (Lipinski definition) is 5. The Balaban J connectivity index is 1.54. The molecule has 1 heterocycles. The van der Waals surface area contributed by atoms with Gasteiger partial charge in [0.25, 0.3) is 0 Å². The zero-order chi connectivity index (χ0) is 14.7. The SMILES string of the molecule is COC1(c2noc(CCNc3ccc(C)cc3)n2)CCC1. The molecular formula is C16H21N3O2. The van der Waals surface area contributed by atoms with E-state index in [0.29, 0.717) is 18.1 Å². The molecule has 1 aliphatic rings. The van der Waals surface area contributed by atoms with Crippen molar-refractivity contribution in [2.24, 2.45) is 0 Å². The number of anilines is 1. The quantitative estimate of drug-likeness (QED) is 0.884. The largest absolute Gasteiger partial charge is 0.385 e. The van der Waals surface area contributed by atoms with Crippen molar-refractivity contribution in [1.29, 1.82) is 0 Å². The molecule has 0 unspecified atom stereocenters. The van der Waals surface area contributed by atoms with Crippen molar-refractivity contribution in [2.75, 3.05) is 19.0 Å². The third-order valence-corrected chi connectivity index (χ3v) is 4.15. The number of nitrogens with zero attached hydrogens (tertiary/aromatic N) is 2. The molecule has 0 radical (unpaired) electrons. The van der Waals surface area contributed by atoms with E-state index in [4.69, 9.17) is 9.26 Å². The fourth-order valence-corrected chi connectivity index (χ4v) is 2.54. The van der Waals surface area contributed by atoms with Crippen molar-refractivity contribution in [3.63, 3.8) is 0 Å². The third kappa shape index (κ3) is 2.93. The highest BCUT2D eigenvalue weighted by molar-refractivity contribution is 5.44. The lowest BCUT2D eigenvalue weighted by Crippen LogP contribution is -2.37. The highest BCUT2D eigenvalue weighted by Gasteiger charge is 2.43. The Hall–Kier alpha value is -1.88. The molecular weight excluding hydrogens is 266 g/mol. The average Bonchev–Trinajstić information content (AvgIpc) is 2.90. The van der Waals surface area contributed by atoms with E-state index >= 15 is 0 Å². The van der Waals surface area contributed by atoms with E-state index < -0.39 is 0 Å². The van der Waals surface area contributed by atoms with Crippen LogP contribution in [0.15, 0.2) is 28.8 Å². The highest BCUT2D eigenvalue weighted by Crippen LogP contribution is 2.42. The lowest BCUT2D eigenvalue weighted by Gasteiger charge is -2.37. The number of methoxy groups -OCH3 is 1. The van der Waals surface area contributed by atoms with Gasteiger partial charge in [0, 0.05) is 25.8 Å². The monoisotopic (exact) mass is 287 g/mol. The van der Waals surface area contributed by atoms with Gasteiger partial charge >= 0.3 is 0 Å². The standard InChI is InChI=1S/C16H21N3O2/c1-12-4-6-13(7-5-12)17-11-8-14-18-15(19-21-14)16(20-2)9-3-10-16/h4-7,17H,3,8-11H2,1-2H3. The topological polar surface area (TPSA) is 60.2 Å². The maximum absolute atomic E-state index is 5.56. The van der Waals surface area contributed by atoms with Crippen LogP contribution in [-0.2, 0) is 16.8 Å². The van der Waals surface area contributed by atoms with Crippen molar-refractivity contribution in [3.05, 3.63) is 41.5 Å². The molecule has 1 aromatic carbocycles. The van der Waals surface area contributed by atoms with Crippen LogP contribution < -0.4 is 5.32 Å². The summed E-state index contributed by atoms with van der Waals surface area (Å²) in [7, 11) is 1.72. The molecule has 0 aliphatic heterocycles. The van der Waals surface area contributed by atoms with Gasteiger partial charge in [0.1, 0.15) is 5.60 Å². The van der Waals surface area contributed by atoms with E-state index in [1.54, 1.807) is 7.11 Å². The molecule has 1 N–H and O–H groups in total. The predicted molar refractivity (Wildman–Crippen MR) is 80.2 cm³/mol. The number of aryl methyl sites for hydroxylation is 1. The second kappa shape index (κ2) is 5.85. The van der Waals surface area contributed by atoms with Gasteiger partial charge < -0.3 is 14.6 Å². The van der Waals surface area contributed by atoms with E-state index in [9.17, 15) is 0 Å². The Morgan fingerprint density at radius 2 is 2.05 bits per heavy atom. The Morgan fingerprint density at radius 1 is 1.29 bits per heavy atom. The molecule has 1 saturated carbocycles. The van der Waals surface area contributed by atoms with Crippen molar-refractivity contribution in [3.8, 4) is 0 Å². The smallest absolute Gasteiger partial charge is 0.228 e. The number of aromatic nitrogens is 2. The minimum Gasteiger partial charge on any atom is -0.385 e. The maximum atomic E-state index is 5.56. The van der Waals surface area contributed by atoms with Gasteiger partial charge in [-0.3, -0.25) is 0 Å². The number of ether oxygens (including phenoxy) is 1. The lowest BCUT2D eigenvalue weighted by atomic mass is 9.79. The molecule has 0 saturated heterocycles. The van der Waals surface area contributed by atoms with Gasteiger partial charge in [0.05, 0.1) is 0 Å². The molecule has 1 aromatic heterocycles. The van der Waals surface area contributed by atoms with Crippen molar-refractivity contribution in [2.45, 2.75) is 38.2 Å². The number of hydrogen-bond donors (Lipinski definition) is 1. The summed E-state index contributed by atoms with van der Waals surface area (Å²) in [4.78, 5) is 4.48. The van der Waals surface area contributed by atoms with Gasteiger partial charge in [0.2, 0.25) is 11.7 Å². The highest BCUT2D eigenvalue weighted by atomic mass is 16.5. The molecule has 0 spiro atoms. The van der Waals surface area contributed by atoms with Crippen molar-refractivity contribution >= 4 is 5.69 Å². The van der Waals surface area contributed by atoms with Crippen LogP contribution in [0.1, 0.15) is 36.5 Å². The fourth-order valence-electron chi connectivity index (χ4n) is 2.54. The Labute approximate surface area is 124 Å². The summed E-state index contributed by atoms with van der Waals surface area (Å²) in [5.74, 6) is 1.36. The first-order valence-corrected chi connectivity index (χ1v) is 7.41. The molecule has 112 valence electrons. The minimum absolute atomic E-state index is 0.299. The molecule has 21 heavy (non-hydrogen) atoms. The molecule has 1 aliphatic carbocycles. The van der Waals surface area contributed by atoms with Gasteiger partial charge in [0.15, 0.2) is 0 Å². The van der Waals surface area contributed by atoms with Gasteiger partial charge in [-0.2, -0.15) is 4.98 Å². The molecule has 3 rings (SSSR count). The first-order chi connectivity index (χ1) is 10.2. The summed E-state index contributed by atoms with van der Waals surface area (Å²) >= 11 is 0. The first-order valence-electron chi connectivity index (χ1n) is 7.41. The second-order valence-corrected chi connectivity index (χ2v) is 5.61. The van der Waals surface area contributed by atoms with Gasteiger partial charge in [-0.15, -0.1) is 0 Å². The molecule has 5 nitrogen and oxygen atoms in total. The van der Waals surface area contributed by atoms with Crippen molar-refractivity contribution in [1.82, 2.24) is 10.1 Å². The second-order valence-electron chi connectivity index (χ2n) is 5.61. The number of rotatable bonds is 6. The molecule has 0 bridgehead atoms. The molecule has 2 aromatic rings. The van der Waals surface area contributed by atoms with E-state index in [2.05, 4.69) is 46.6 Å². The summed E-state index contributed by atoms with van der Waals surface area (Å²) in [6.07, 6.45) is 3.82. The first kappa shape index (κ1) is 14.1. The van der Waals surface area contributed by atoms with Crippen LogP contribution in [0.25, 0.3) is 0 Å². The fraction of sp³-hybridized carbons (Fsp3) is 0.500.